The van der Waals surface area contributed by atoms with Crippen molar-refractivity contribution in [1.82, 2.24) is 5.32 Å². The maximum absolute atomic E-state index is 6.28. The number of nitrogens with one attached hydrogen (secondary N) is 1. The highest BCUT2D eigenvalue weighted by Gasteiger charge is 2.38. The van der Waals surface area contributed by atoms with E-state index < -0.39 is 0 Å². The fourth-order valence-corrected chi connectivity index (χ4v) is 2.64. The molecule has 0 spiro atoms. The van der Waals surface area contributed by atoms with Gasteiger partial charge in [0, 0.05) is 0 Å². The van der Waals surface area contributed by atoms with E-state index in [1.165, 1.54) is 24.8 Å². The molecule has 1 saturated carbocycles. The topological polar surface area (TPSA) is 21.3 Å². The molecule has 2 heteroatoms. The third-order valence-electron chi connectivity index (χ3n) is 4.15. The molecule has 0 heterocycles. The van der Waals surface area contributed by atoms with Crippen molar-refractivity contribution in [1.29, 1.82) is 0 Å². The van der Waals surface area contributed by atoms with Crippen LogP contribution in [0.15, 0.2) is 24.3 Å². The third kappa shape index (κ3) is 3.73. The monoisotopic (exact) mass is 261 g/mol. The molecule has 0 saturated heterocycles. The Balaban J connectivity index is 1.94. The summed E-state index contributed by atoms with van der Waals surface area (Å²) < 4.78 is 6.28. The molecule has 106 valence electrons. The van der Waals surface area contributed by atoms with Gasteiger partial charge in [-0.1, -0.05) is 32.9 Å². The molecule has 1 aromatic rings. The summed E-state index contributed by atoms with van der Waals surface area (Å²) >= 11 is 0. The van der Waals surface area contributed by atoms with Gasteiger partial charge in [-0.15, -0.1) is 0 Å². The highest BCUT2D eigenvalue weighted by Crippen LogP contribution is 2.39. The average Bonchev–Trinajstić information content (AvgIpc) is 2.36. The van der Waals surface area contributed by atoms with E-state index in [2.05, 4.69) is 50.4 Å². The summed E-state index contributed by atoms with van der Waals surface area (Å²) in [4.78, 5) is 0. The number of rotatable bonds is 7. The Labute approximate surface area is 117 Å². The highest BCUT2D eigenvalue weighted by atomic mass is 16.5. The van der Waals surface area contributed by atoms with Gasteiger partial charge in [0.15, 0.2) is 0 Å². The summed E-state index contributed by atoms with van der Waals surface area (Å²) in [6, 6.07) is 8.64. The van der Waals surface area contributed by atoms with E-state index in [0.717, 1.165) is 25.3 Å². The van der Waals surface area contributed by atoms with E-state index in [0.29, 0.717) is 5.92 Å². The van der Waals surface area contributed by atoms with Crippen LogP contribution >= 0.6 is 0 Å². The molecular weight excluding hydrogens is 234 g/mol. The fourth-order valence-electron chi connectivity index (χ4n) is 2.64. The lowest BCUT2D eigenvalue weighted by Crippen LogP contribution is -2.45. The van der Waals surface area contributed by atoms with Crippen molar-refractivity contribution in [2.75, 3.05) is 13.1 Å². The predicted molar refractivity (Wildman–Crippen MR) is 80.9 cm³/mol. The third-order valence-corrected chi connectivity index (χ3v) is 4.15. The molecule has 0 aromatic heterocycles. The van der Waals surface area contributed by atoms with Crippen LogP contribution in [0.1, 0.15) is 57.9 Å². The van der Waals surface area contributed by atoms with Crippen LogP contribution in [-0.2, 0) is 0 Å². The Morgan fingerprint density at radius 1 is 1.21 bits per heavy atom. The number of hydrogen-bond acceptors (Lipinski definition) is 2. The summed E-state index contributed by atoms with van der Waals surface area (Å²) in [5.74, 6) is 1.61. The minimum atomic E-state index is 0.0987. The van der Waals surface area contributed by atoms with Crippen LogP contribution < -0.4 is 10.1 Å². The second-order valence-electron chi connectivity index (χ2n) is 5.97. The van der Waals surface area contributed by atoms with Crippen LogP contribution in [0.4, 0.5) is 0 Å². The van der Waals surface area contributed by atoms with Crippen molar-refractivity contribution in [2.45, 2.75) is 58.0 Å². The summed E-state index contributed by atoms with van der Waals surface area (Å²) in [5, 5.41) is 3.40. The van der Waals surface area contributed by atoms with Gasteiger partial charge in [-0.3, -0.25) is 0 Å². The summed E-state index contributed by atoms with van der Waals surface area (Å²) in [5.41, 5.74) is 1.48. The Bertz CT molecular complexity index is 379. The van der Waals surface area contributed by atoms with Crippen molar-refractivity contribution in [3.8, 4) is 5.75 Å². The van der Waals surface area contributed by atoms with Crippen LogP contribution in [0.2, 0.25) is 0 Å². The average molecular weight is 261 g/mol. The predicted octanol–water partition coefficient (Wildman–Crippen LogP) is 4.11. The Hall–Kier alpha value is -1.02. The van der Waals surface area contributed by atoms with Crippen molar-refractivity contribution in [3.63, 3.8) is 0 Å². The van der Waals surface area contributed by atoms with Crippen LogP contribution in [0, 0.1) is 0 Å². The van der Waals surface area contributed by atoms with Crippen molar-refractivity contribution < 1.29 is 4.74 Å². The number of hydrogen-bond donors (Lipinski definition) is 1. The van der Waals surface area contributed by atoms with Crippen molar-refractivity contribution >= 4 is 0 Å². The molecule has 1 aliphatic rings. The number of benzene rings is 1. The van der Waals surface area contributed by atoms with Crippen LogP contribution in [0.3, 0.4) is 0 Å². The Morgan fingerprint density at radius 3 is 2.37 bits per heavy atom. The zero-order valence-corrected chi connectivity index (χ0v) is 12.5. The Morgan fingerprint density at radius 2 is 1.89 bits per heavy atom. The SMILES string of the molecule is CCNCCC1(Oc2ccc(C(C)C)cc2)CCC1. The van der Waals surface area contributed by atoms with E-state index in [9.17, 15) is 0 Å². The van der Waals surface area contributed by atoms with Gasteiger partial charge in [0.25, 0.3) is 0 Å². The van der Waals surface area contributed by atoms with Gasteiger partial charge < -0.3 is 10.1 Å². The normalized spacial score (nSPS) is 17.3. The summed E-state index contributed by atoms with van der Waals surface area (Å²) in [6.45, 7) is 8.69. The molecule has 0 amide bonds. The highest BCUT2D eigenvalue weighted by molar-refractivity contribution is 5.29. The summed E-state index contributed by atoms with van der Waals surface area (Å²) in [6.07, 6.45) is 4.82. The maximum Gasteiger partial charge on any atom is 0.120 e. The van der Waals surface area contributed by atoms with Crippen LogP contribution in [-0.4, -0.2) is 18.7 Å². The lowest BCUT2D eigenvalue weighted by Gasteiger charge is -2.42. The zero-order chi connectivity index (χ0) is 13.7. The molecule has 19 heavy (non-hydrogen) atoms. The van der Waals surface area contributed by atoms with Gasteiger partial charge in [0.1, 0.15) is 11.4 Å². The van der Waals surface area contributed by atoms with Gasteiger partial charge >= 0.3 is 0 Å². The molecule has 0 radical (unpaired) electrons. The Kier molecular flexibility index (Phi) is 4.87. The second kappa shape index (κ2) is 6.42. The van der Waals surface area contributed by atoms with Crippen molar-refractivity contribution in [3.05, 3.63) is 29.8 Å². The zero-order valence-electron chi connectivity index (χ0n) is 12.5. The van der Waals surface area contributed by atoms with E-state index in [1.54, 1.807) is 0 Å². The standard InChI is InChI=1S/C17H27NO/c1-4-18-13-12-17(10-5-11-17)19-16-8-6-15(7-9-16)14(2)3/h6-9,14,18H,4-5,10-13H2,1-3H3. The lowest BCUT2D eigenvalue weighted by atomic mass is 9.77. The molecule has 1 aliphatic carbocycles. The first kappa shape index (κ1) is 14.4. The molecular formula is C17H27NO. The molecule has 0 bridgehead atoms. The van der Waals surface area contributed by atoms with E-state index >= 15 is 0 Å². The quantitative estimate of drug-likeness (QED) is 0.746. The molecule has 0 aliphatic heterocycles. The van der Waals surface area contributed by atoms with Gasteiger partial charge in [-0.2, -0.15) is 0 Å². The second-order valence-corrected chi connectivity index (χ2v) is 5.97. The molecule has 1 fully saturated rings. The molecule has 1 aromatic carbocycles. The minimum absolute atomic E-state index is 0.0987. The molecule has 0 unspecified atom stereocenters. The molecule has 2 rings (SSSR count). The maximum atomic E-state index is 6.28. The van der Waals surface area contributed by atoms with Crippen LogP contribution in [0.5, 0.6) is 5.75 Å². The minimum Gasteiger partial charge on any atom is -0.487 e. The largest absolute Gasteiger partial charge is 0.487 e. The first-order chi connectivity index (χ1) is 9.15. The number of ether oxygens (including phenoxy) is 1. The van der Waals surface area contributed by atoms with Gasteiger partial charge in [-0.05, 0) is 62.4 Å². The van der Waals surface area contributed by atoms with E-state index in [-0.39, 0.29) is 5.60 Å². The van der Waals surface area contributed by atoms with Gasteiger partial charge in [0.2, 0.25) is 0 Å². The fraction of sp³-hybridized carbons (Fsp3) is 0.647. The first-order valence-corrected chi connectivity index (χ1v) is 7.65. The van der Waals surface area contributed by atoms with Crippen molar-refractivity contribution in [2.24, 2.45) is 0 Å². The van der Waals surface area contributed by atoms with Crippen LogP contribution in [0.25, 0.3) is 0 Å². The molecule has 1 N–H and O–H groups in total. The van der Waals surface area contributed by atoms with Gasteiger partial charge in [0.05, 0.1) is 0 Å². The molecule has 0 atom stereocenters. The first-order valence-electron chi connectivity index (χ1n) is 7.65. The van der Waals surface area contributed by atoms with E-state index in [1.807, 2.05) is 0 Å². The summed E-state index contributed by atoms with van der Waals surface area (Å²) in [7, 11) is 0. The smallest absolute Gasteiger partial charge is 0.120 e. The van der Waals surface area contributed by atoms with E-state index in [4.69, 9.17) is 4.74 Å². The molecule has 2 nitrogen and oxygen atoms in total. The lowest BCUT2D eigenvalue weighted by molar-refractivity contribution is -0.0141. The van der Waals surface area contributed by atoms with Gasteiger partial charge in [-0.25, -0.2) is 0 Å².